The number of anilines is 1. The first-order valence-electron chi connectivity index (χ1n) is 6.00. The predicted molar refractivity (Wildman–Crippen MR) is 87.3 cm³/mol. The fourth-order valence-corrected chi connectivity index (χ4v) is 3.05. The van der Waals surface area contributed by atoms with E-state index in [0.717, 1.165) is 25.9 Å². The average Bonchev–Trinajstić information content (AvgIpc) is 2.79. The second kappa shape index (κ2) is 5.81. The second-order valence-electron chi connectivity index (χ2n) is 5.35. The molecule has 0 aliphatic carbocycles. The lowest BCUT2D eigenvalue weighted by molar-refractivity contribution is 0.571. The van der Waals surface area contributed by atoms with Gasteiger partial charge in [-0.2, -0.15) is 0 Å². The SMILES string of the molecule is CC(C)(C)c1csc(CNc2cc(Br)ccc2Cl)n1. The Bertz CT molecular complexity index is 575. The molecule has 19 heavy (non-hydrogen) atoms. The van der Waals surface area contributed by atoms with Gasteiger partial charge < -0.3 is 5.32 Å². The monoisotopic (exact) mass is 358 g/mol. The van der Waals surface area contributed by atoms with Crippen LogP contribution in [0.4, 0.5) is 5.69 Å². The summed E-state index contributed by atoms with van der Waals surface area (Å²) in [6.45, 7) is 7.20. The molecule has 1 N–H and O–H groups in total. The van der Waals surface area contributed by atoms with Crippen molar-refractivity contribution in [3.05, 3.63) is 43.8 Å². The number of thiazole rings is 1. The van der Waals surface area contributed by atoms with Gasteiger partial charge in [0.05, 0.1) is 22.9 Å². The van der Waals surface area contributed by atoms with Crippen molar-refractivity contribution < 1.29 is 0 Å². The number of nitrogens with one attached hydrogen (secondary N) is 1. The summed E-state index contributed by atoms with van der Waals surface area (Å²) >= 11 is 11.3. The van der Waals surface area contributed by atoms with Gasteiger partial charge in [0.15, 0.2) is 0 Å². The van der Waals surface area contributed by atoms with Gasteiger partial charge in [-0.15, -0.1) is 11.3 Å². The molecule has 2 rings (SSSR count). The minimum atomic E-state index is 0.0994. The quantitative estimate of drug-likeness (QED) is 0.786. The third kappa shape index (κ3) is 3.94. The molecule has 2 aromatic rings. The van der Waals surface area contributed by atoms with Gasteiger partial charge in [0.1, 0.15) is 5.01 Å². The molecular formula is C14H16BrClN2S. The predicted octanol–water partition coefficient (Wildman–Crippen LogP) is 5.47. The average molecular weight is 360 g/mol. The highest BCUT2D eigenvalue weighted by atomic mass is 79.9. The van der Waals surface area contributed by atoms with E-state index in [1.165, 1.54) is 0 Å². The largest absolute Gasteiger partial charge is 0.377 e. The highest BCUT2D eigenvalue weighted by Gasteiger charge is 2.17. The number of hydrogen-bond donors (Lipinski definition) is 1. The molecule has 0 unspecified atom stereocenters. The summed E-state index contributed by atoms with van der Waals surface area (Å²) in [5, 5.41) is 7.23. The van der Waals surface area contributed by atoms with E-state index >= 15 is 0 Å². The maximum Gasteiger partial charge on any atom is 0.112 e. The number of rotatable bonds is 3. The number of halogens is 2. The van der Waals surface area contributed by atoms with Crippen molar-refractivity contribution >= 4 is 44.6 Å². The van der Waals surface area contributed by atoms with Crippen molar-refractivity contribution in [3.8, 4) is 0 Å². The second-order valence-corrected chi connectivity index (χ2v) is 7.62. The number of benzene rings is 1. The van der Waals surface area contributed by atoms with Gasteiger partial charge in [0, 0.05) is 15.3 Å². The molecule has 0 amide bonds. The van der Waals surface area contributed by atoms with E-state index in [1.54, 1.807) is 11.3 Å². The molecular weight excluding hydrogens is 344 g/mol. The van der Waals surface area contributed by atoms with E-state index in [9.17, 15) is 0 Å². The minimum absolute atomic E-state index is 0.0994. The molecule has 2 nitrogen and oxygen atoms in total. The van der Waals surface area contributed by atoms with Crippen molar-refractivity contribution in [2.45, 2.75) is 32.7 Å². The van der Waals surface area contributed by atoms with E-state index in [0.29, 0.717) is 6.54 Å². The third-order valence-electron chi connectivity index (χ3n) is 2.68. The minimum Gasteiger partial charge on any atom is -0.377 e. The van der Waals surface area contributed by atoms with E-state index in [-0.39, 0.29) is 5.41 Å². The lowest BCUT2D eigenvalue weighted by Gasteiger charge is -2.14. The van der Waals surface area contributed by atoms with Crippen LogP contribution >= 0.6 is 38.9 Å². The first-order chi connectivity index (χ1) is 8.86. The maximum absolute atomic E-state index is 6.14. The Morgan fingerprint density at radius 1 is 1.37 bits per heavy atom. The molecule has 0 bridgehead atoms. The molecule has 0 radical (unpaired) electrons. The first kappa shape index (κ1) is 14.8. The standard InChI is InChI=1S/C14H16BrClN2S/c1-14(2,3)12-8-19-13(18-12)7-17-11-6-9(15)4-5-10(11)16/h4-6,8,17H,7H2,1-3H3. The molecule has 5 heteroatoms. The summed E-state index contributed by atoms with van der Waals surface area (Å²) < 4.78 is 1.01. The molecule has 0 aliphatic heterocycles. The van der Waals surface area contributed by atoms with E-state index in [1.807, 2.05) is 18.2 Å². The van der Waals surface area contributed by atoms with Crippen molar-refractivity contribution in [1.29, 1.82) is 0 Å². The lowest BCUT2D eigenvalue weighted by Crippen LogP contribution is -2.11. The zero-order valence-corrected chi connectivity index (χ0v) is 14.3. The molecule has 1 aromatic heterocycles. The van der Waals surface area contributed by atoms with Crippen molar-refractivity contribution in [2.24, 2.45) is 0 Å². The zero-order valence-electron chi connectivity index (χ0n) is 11.1. The Balaban J connectivity index is 2.06. The van der Waals surface area contributed by atoms with Crippen molar-refractivity contribution in [1.82, 2.24) is 4.98 Å². The maximum atomic E-state index is 6.14. The zero-order chi connectivity index (χ0) is 14.0. The van der Waals surface area contributed by atoms with Crippen LogP contribution in [0.5, 0.6) is 0 Å². The van der Waals surface area contributed by atoms with Gasteiger partial charge in [-0.3, -0.25) is 0 Å². The Morgan fingerprint density at radius 3 is 2.74 bits per heavy atom. The van der Waals surface area contributed by atoms with Crippen molar-refractivity contribution in [2.75, 3.05) is 5.32 Å². The van der Waals surface area contributed by atoms with E-state index < -0.39 is 0 Å². The van der Waals surface area contributed by atoms with Crippen LogP contribution in [-0.2, 0) is 12.0 Å². The van der Waals surface area contributed by atoms with Crippen LogP contribution in [0.15, 0.2) is 28.1 Å². The topological polar surface area (TPSA) is 24.9 Å². The molecule has 0 atom stereocenters. The van der Waals surface area contributed by atoms with Crippen LogP contribution in [0.3, 0.4) is 0 Å². The van der Waals surface area contributed by atoms with Crippen LogP contribution in [0, 0.1) is 0 Å². The van der Waals surface area contributed by atoms with Crippen LogP contribution < -0.4 is 5.32 Å². The smallest absolute Gasteiger partial charge is 0.112 e. The van der Waals surface area contributed by atoms with Gasteiger partial charge in [0.25, 0.3) is 0 Å². The highest BCUT2D eigenvalue weighted by molar-refractivity contribution is 9.10. The first-order valence-corrected chi connectivity index (χ1v) is 8.05. The Hall–Kier alpha value is -0.580. The third-order valence-corrected chi connectivity index (χ3v) is 4.35. The fraction of sp³-hybridized carbons (Fsp3) is 0.357. The van der Waals surface area contributed by atoms with Gasteiger partial charge in [-0.25, -0.2) is 4.98 Å². The number of nitrogens with zero attached hydrogens (tertiary/aromatic N) is 1. The summed E-state index contributed by atoms with van der Waals surface area (Å²) in [7, 11) is 0. The summed E-state index contributed by atoms with van der Waals surface area (Å²) in [5.74, 6) is 0. The van der Waals surface area contributed by atoms with Crippen LogP contribution in [0.25, 0.3) is 0 Å². The summed E-state index contributed by atoms with van der Waals surface area (Å²) in [6.07, 6.45) is 0. The Labute approximate surface area is 131 Å². The molecule has 0 fully saturated rings. The summed E-state index contributed by atoms with van der Waals surface area (Å²) in [5.41, 5.74) is 2.15. The van der Waals surface area contributed by atoms with Crippen LogP contribution in [0.2, 0.25) is 5.02 Å². The Kier molecular flexibility index (Phi) is 4.54. The van der Waals surface area contributed by atoms with E-state index in [4.69, 9.17) is 11.6 Å². The summed E-state index contributed by atoms with van der Waals surface area (Å²) in [4.78, 5) is 4.65. The van der Waals surface area contributed by atoms with Gasteiger partial charge in [-0.1, -0.05) is 48.3 Å². The molecule has 102 valence electrons. The molecule has 0 spiro atoms. The van der Waals surface area contributed by atoms with Gasteiger partial charge in [0.2, 0.25) is 0 Å². The number of aromatic nitrogens is 1. The molecule has 0 saturated carbocycles. The molecule has 0 saturated heterocycles. The molecule has 0 aliphatic rings. The Morgan fingerprint density at radius 2 is 2.11 bits per heavy atom. The normalized spacial score (nSPS) is 11.6. The summed E-state index contributed by atoms with van der Waals surface area (Å²) in [6, 6.07) is 5.77. The van der Waals surface area contributed by atoms with Crippen LogP contribution in [0.1, 0.15) is 31.5 Å². The number of hydrogen-bond acceptors (Lipinski definition) is 3. The van der Waals surface area contributed by atoms with Gasteiger partial charge in [-0.05, 0) is 18.2 Å². The van der Waals surface area contributed by atoms with Gasteiger partial charge >= 0.3 is 0 Å². The lowest BCUT2D eigenvalue weighted by atomic mass is 9.93. The van der Waals surface area contributed by atoms with E-state index in [2.05, 4.69) is 52.4 Å². The molecule has 1 aromatic carbocycles. The fourth-order valence-electron chi connectivity index (χ4n) is 1.54. The van der Waals surface area contributed by atoms with Crippen molar-refractivity contribution in [3.63, 3.8) is 0 Å². The molecule has 1 heterocycles. The highest BCUT2D eigenvalue weighted by Crippen LogP contribution is 2.27. The van der Waals surface area contributed by atoms with Crippen LogP contribution in [-0.4, -0.2) is 4.98 Å².